The first-order valence-electron chi connectivity index (χ1n) is 11.8. The SMILES string of the molecule is Cc1ccc(S(=O)(=O)N2CCC(C(=O)OCC(=O)c3ccc4c(c3)-c3ccccc3C4)CC2)cc1. The molecule has 0 amide bonds. The third-order valence-electron chi connectivity index (χ3n) is 6.91. The molecule has 0 bridgehead atoms. The Morgan fingerprint density at radius 3 is 2.34 bits per heavy atom. The van der Waals surface area contributed by atoms with E-state index in [0.717, 1.165) is 23.1 Å². The smallest absolute Gasteiger partial charge is 0.309 e. The van der Waals surface area contributed by atoms with Gasteiger partial charge in [0, 0.05) is 18.7 Å². The molecule has 0 saturated carbocycles. The number of sulfonamides is 1. The van der Waals surface area contributed by atoms with E-state index in [4.69, 9.17) is 4.74 Å². The highest BCUT2D eigenvalue weighted by atomic mass is 32.2. The lowest BCUT2D eigenvalue weighted by molar-refractivity contribution is -0.148. The van der Waals surface area contributed by atoms with Crippen molar-refractivity contribution in [2.45, 2.75) is 31.1 Å². The third-order valence-corrected chi connectivity index (χ3v) is 8.82. The topological polar surface area (TPSA) is 80.8 Å². The Morgan fingerprint density at radius 1 is 0.914 bits per heavy atom. The highest BCUT2D eigenvalue weighted by molar-refractivity contribution is 7.89. The number of nitrogens with zero attached hydrogens (tertiary/aromatic N) is 1. The van der Waals surface area contributed by atoms with Crippen molar-refractivity contribution in [3.05, 3.63) is 89.0 Å². The van der Waals surface area contributed by atoms with Crippen molar-refractivity contribution in [1.82, 2.24) is 4.31 Å². The van der Waals surface area contributed by atoms with Crippen molar-refractivity contribution in [3.63, 3.8) is 0 Å². The third kappa shape index (κ3) is 4.66. The first kappa shape index (κ1) is 23.5. The van der Waals surface area contributed by atoms with Crippen LogP contribution in [-0.2, 0) is 26.0 Å². The van der Waals surface area contributed by atoms with E-state index in [9.17, 15) is 18.0 Å². The molecule has 1 fully saturated rings. The summed E-state index contributed by atoms with van der Waals surface area (Å²) in [4.78, 5) is 25.6. The van der Waals surface area contributed by atoms with Gasteiger partial charge in [0.15, 0.2) is 12.4 Å². The number of piperidine rings is 1. The maximum atomic E-state index is 12.9. The number of esters is 1. The molecule has 35 heavy (non-hydrogen) atoms. The zero-order valence-corrected chi connectivity index (χ0v) is 20.4. The van der Waals surface area contributed by atoms with E-state index in [1.54, 1.807) is 30.3 Å². The van der Waals surface area contributed by atoms with Gasteiger partial charge in [-0.15, -0.1) is 0 Å². The summed E-state index contributed by atoms with van der Waals surface area (Å²) in [6.07, 6.45) is 1.59. The van der Waals surface area contributed by atoms with Gasteiger partial charge < -0.3 is 4.74 Å². The summed E-state index contributed by atoms with van der Waals surface area (Å²) in [5.74, 6) is -1.11. The first-order valence-corrected chi connectivity index (χ1v) is 13.2. The van der Waals surface area contributed by atoms with E-state index in [-0.39, 0.29) is 30.4 Å². The van der Waals surface area contributed by atoms with Gasteiger partial charge in [0.2, 0.25) is 10.0 Å². The summed E-state index contributed by atoms with van der Waals surface area (Å²) in [7, 11) is -3.59. The Bertz CT molecular complexity index is 1390. The van der Waals surface area contributed by atoms with E-state index in [2.05, 4.69) is 12.1 Å². The van der Waals surface area contributed by atoms with Crippen LogP contribution in [0.25, 0.3) is 11.1 Å². The minimum absolute atomic E-state index is 0.244. The second-order valence-corrected chi connectivity index (χ2v) is 11.2. The van der Waals surface area contributed by atoms with Crippen molar-refractivity contribution in [3.8, 4) is 11.1 Å². The number of hydrogen-bond acceptors (Lipinski definition) is 5. The molecule has 180 valence electrons. The van der Waals surface area contributed by atoms with E-state index < -0.39 is 21.9 Å². The predicted molar refractivity (Wildman–Crippen MR) is 133 cm³/mol. The summed E-state index contributed by atoms with van der Waals surface area (Å²) in [6.45, 7) is 2.07. The summed E-state index contributed by atoms with van der Waals surface area (Å²) >= 11 is 0. The van der Waals surface area contributed by atoms with Crippen LogP contribution < -0.4 is 0 Å². The summed E-state index contributed by atoms with van der Waals surface area (Å²) in [6, 6.07) is 20.5. The molecular weight excluding hydrogens is 462 g/mol. The van der Waals surface area contributed by atoms with Crippen LogP contribution in [0.3, 0.4) is 0 Å². The highest BCUT2D eigenvalue weighted by Crippen LogP contribution is 2.37. The molecule has 6 nitrogen and oxygen atoms in total. The molecule has 1 aliphatic carbocycles. The van der Waals surface area contributed by atoms with Gasteiger partial charge in [-0.2, -0.15) is 4.31 Å². The Kier molecular flexibility index (Phi) is 6.30. The standard InChI is InChI=1S/C28H27NO5S/c1-19-6-10-24(11-7-19)35(32,33)29-14-12-20(13-15-29)28(31)34-18-27(30)23-9-8-22-16-21-4-2-3-5-25(21)26(22)17-23/h2-11,17,20H,12-16,18H2,1H3. The van der Waals surface area contributed by atoms with Crippen molar-refractivity contribution >= 4 is 21.8 Å². The zero-order valence-electron chi connectivity index (χ0n) is 19.6. The molecule has 1 heterocycles. The Balaban J connectivity index is 1.16. The number of carbonyl (C=O) groups excluding carboxylic acids is 2. The molecule has 1 aliphatic heterocycles. The normalized spacial score (nSPS) is 15.9. The molecule has 0 atom stereocenters. The maximum absolute atomic E-state index is 12.9. The van der Waals surface area contributed by atoms with E-state index >= 15 is 0 Å². The zero-order chi connectivity index (χ0) is 24.6. The minimum atomic E-state index is -3.59. The number of ether oxygens (including phenoxy) is 1. The lowest BCUT2D eigenvalue weighted by Gasteiger charge is -2.30. The molecule has 2 aliphatic rings. The van der Waals surface area contributed by atoms with Crippen molar-refractivity contribution < 1.29 is 22.7 Å². The summed E-state index contributed by atoms with van der Waals surface area (Å²) < 4.78 is 32.5. The molecule has 0 unspecified atom stereocenters. The monoisotopic (exact) mass is 489 g/mol. The van der Waals surface area contributed by atoms with Gasteiger partial charge in [0.05, 0.1) is 10.8 Å². The largest absolute Gasteiger partial charge is 0.457 e. The Morgan fingerprint density at radius 2 is 1.60 bits per heavy atom. The highest BCUT2D eigenvalue weighted by Gasteiger charge is 2.33. The van der Waals surface area contributed by atoms with Crippen molar-refractivity contribution in [2.75, 3.05) is 19.7 Å². The fraction of sp³-hybridized carbons (Fsp3) is 0.286. The van der Waals surface area contributed by atoms with Gasteiger partial charge >= 0.3 is 5.97 Å². The van der Waals surface area contributed by atoms with E-state index in [1.165, 1.54) is 15.4 Å². The second-order valence-electron chi connectivity index (χ2n) is 9.23. The number of carbonyl (C=O) groups is 2. The van der Waals surface area contributed by atoms with E-state index in [0.29, 0.717) is 18.4 Å². The molecule has 3 aromatic rings. The van der Waals surface area contributed by atoms with Gasteiger partial charge in [-0.3, -0.25) is 9.59 Å². The average molecular weight is 490 g/mol. The molecule has 7 heteroatoms. The van der Waals surface area contributed by atoms with Gasteiger partial charge in [0.1, 0.15) is 0 Å². The molecule has 0 spiro atoms. The molecular formula is C28H27NO5S. The lowest BCUT2D eigenvalue weighted by Crippen LogP contribution is -2.40. The van der Waals surface area contributed by atoms with Gasteiger partial charge in [-0.1, -0.05) is 54.1 Å². The number of benzene rings is 3. The predicted octanol–water partition coefficient (Wildman–Crippen LogP) is 4.39. The fourth-order valence-electron chi connectivity index (χ4n) is 4.83. The number of aryl methyl sites for hydroxylation is 1. The van der Waals surface area contributed by atoms with Crippen molar-refractivity contribution in [1.29, 1.82) is 0 Å². The van der Waals surface area contributed by atoms with Crippen molar-refractivity contribution in [2.24, 2.45) is 5.92 Å². The van der Waals surface area contributed by atoms with Crippen LogP contribution in [0.1, 0.15) is 39.9 Å². The van der Waals surface area contributed by atoms with Crippen LogP contribution in [-0.4, -0.2) is 44.2 Å². The average Bonchev–Trinajstić information content (AvgIpc) is 3.25. The quantitative estimate of drug-likeness (QED) is 0.296. The van der Waals surface area contributed by atoms with Crippen LogP contribution in [0.2, 0.25) is 0 Å². The maximum Gasteiger partial charge on any atom is 0.309 e. The van der Waals surface area contributed by atoms with Crippen LogP contribution in [0.15, 0.2) is 71.6 Å². The number of rotatable bonds is 6. The molecule has 5 rings (SSSR count). The van der Waals surface area contributed by atoms with Gasteiger partial charge in [-0.05, 0) is 66.6 Å². The fourth-order valence-corrected chi connectivity index (χ4v) is 6.30. The van der Waals surface area contributed by atoms with Crippen LogP contribution in [0.4, 0.5) is 0 Å². The van der Waals surface area contributed by atoms with Crippen LogP contribution >= 0.6 is 0 Å². The number of Topliss-reactive ketones (excluding diaryl/α,β-unsaturated/α-hetero) is 1. The summed E-state index contributed by atoms with van der Waals surface area (Å²) in [5.41, 5.74) is 6.14. The number of ketones is 1. The lowest BCUT2D eigenvalue weighted by atomic mass is 9.98. The molecule has 0 radical (unpaired) electrons. The number of fused-ring (bicyclic) bond motifs is 3. The molecule has 0 N–H and O–H groups in total. The Labute approximate surface area is 205 Å². The van der Waals surface area contributed by atoms with Gasteiger partial charge in [-0.25, -0.2) is 8.42 Å². The van der Waals surface area contributed by atoms with Gasteiger partial charge in [0.25, 0.3) is 0 Å². The van der Waals surface area contributed by atoms with E-state index in [1.807, 2.05) is 31.2 Å². The Hall–Kier alpha value is -3.29. The molecule has 0 aromatic heterocycles. The molecule has 1 saturated heterocycles. The minimum Gasteiger partial charge on any atom is -0.457 e. The summed E-state index contributed by atoms with van der Waals surface area (Å²) in [5, 5.41) is 0. The van der Waals surface area contributed by atoms with Crippen LogP contribution in [0.5, 0.6) is 0 Å². The second kappa shape index (κ2) is 9.40. The molecule has 3 aromatic carbocycles. The number of hydrogen-bond donors (Lipinski definition) is 0. The first-order chi connectivity index (χ1) is 16.8. The van der Waals surface area contributed by atoms with Crippen LogP contribution in [0, 0.1) is 12.8 Å².